The first-order valence-electron chi connectivity index (χ1n) is 7.09. The van der Waals surface area contributed by atoms with E-state index in [2.05, 4.69) is 11.7 Å². The molecule has 0 aliphatic rings. The normalized spacial score (nSPS) is 14.8. The van der Waals surface area contributed by atoms with E-state index >= 15 is 0 Å². The molecule has 2 unspecified atom stereocenters. The first kappa shape index (κ1) is 19.3. The lowest BCUT2D eigenvalue weighted by molar-refractivity contribution is -0.149. The Kier molecular flexibility index (Phi) is 9.75. The van der Waals surface area contributed by atoms with Gasteiger partial charge in [-0.05, 0) is 13.3 Å². The number of esters is 1. The van der Waals surface area contributed by atoms with Crippen molar-refractivity contribution < 1.29 is 26.9 Å². The summed E-state index contributed by atoms with van der Waals surface area (Å²) >= 11 is 0. The van der Waals surface area contributed by atoms with Crippen LogP contribution in [0.5, 0.6) is 0 Å². The summed E-state index contributed by atoms with van der Waals surface area (Å²) < 4.78 is 47.3. The quantitative estimate of drug-likeness (QED) is 0.360. The van der Waals surface area contributed by atoms with Crippen LogP contribution in [0.25, 0.3) is 0 Å². The Morgan fingerprint density at radius 2 is 1.65 bits per heavy atom. The van der Waals surface area contributed by atoms with Gasteiger partial charge in [0.2, 0.25) is 0 Å². The van der Waals surface area contributed by atoms with E-state index in [1.807, 2.05) is 0 Å². The topological polar surface area (TPSA) is 80.7 Å². The lowest BCUT2D eigenvalue weighted by Crippen LogP contribution is -2.31. The minimum atomic E-state index is -4.83. The van der Waals surface area contributed by atoms with Gasteiger partial charge < -0.3 is 4.74 Å². The van der Waals surface area contributed by atoms with Crippen molar-refractivity contribution >= 4 is 16.1 Å². The predicted molar refractivity (Wildman–Crippen MR) is 74.6 cm³/mol. The zero-order chi connectivity index (χ0) is 15.6. The molecule has 0 heterocycles. The Morgan fingerprint density at radius 3 is 2.15 bits per heavy atom. The van der Waals surface area contributed by atoms with Gasteiger partial charge in [0.25, 0.3) is 5.50 Å². The second-order valence-electron chi connectivity index (χ2n) is 4.93. The molecule has 0 radical (unpaired) electrons. The van der Waals surface area contributed by atoms with Gasteiger partial charge in [0.05, 0.1) is 0 Å². The van der Waals surface area contributed by atoms with Gasteiger partial charge in [-0.15, -0.1) is 0 Å². The molecule has 0 aromatic rings. The smallest absolute Gasteiger partial charge is 0.306 e. The van der Waals surface area contributed by atoms with E-state index in [0.29, 0.717) is 6.42 Å². The third-order valence-corrected chi connectivity index (χ3v) is 3.91. The molecule has 0 amide bonds. The van der Waals surface area contributed by atoms with Crippen LogP contribution >= 0.6 is 0 Å². The molecule has 0 saturated carbocycles. The Balaban J connectivity index is 3.73. The van der Waals surface area contributed by atoms with E-state index in [0.717, 1.165) is 26.2 Å². The molecule has 0 aliphatic carbocycles. The Labute approximate surface area is 120 Å². The van der Waals surface area contributed by atoms with E-state index in [1.54, 1.807) is 0 Å². The summed E-state index contributed by atoms with van der Waals surface area (Å²) in [5.41, 5.74) is -2.60. The van der Waals surface area contributed by atoms with Crippen molar-refractivity contribution in [2.75, 3.05) is 0 Å². The Morgan fingerprint density at radius 1 is 1.15 bits per heavy atom. The number of ether oxygens (including phenoxy) is 1. The largest absolute Gasteiger partial charge is 0.458 e. The van der Waals surface area contributed by atoms with Crippen molar-refractivity contribution in [1.29, 1.82) is 0 Å². The molecule has 0 aliphatic heterocycles. The third-order valence-electron chi connectivity index (χ3n) is 2.96. The van der Waals surface area contributed by atoms with E-state index in [-0.39, 0.29) is 6.42 Å². The summed E-state index contributed by atoms with van der Waals surface area (Å²) in [7, 11) is -4.83. The lowest BCUT2D eigenvalue weighted by atomic mass is 10.1. The molecule has 2 atom stereocenters. The molecule has 0 aromatic heterocycles. The highest BCUT2D eigenvalue weighted by Crippen LogP contribution is 2.13. The third kappa shape index (κ3) is 9.25. The fourth-order valence-electron chi connectivity index (χ4n) is 1.79. The van der Waals surface area contributed by atoms with E-state index in [4.69, 9.17) is 4.55 Å². The average molecular weight is 312 g/mol. The van der Waals surface area contributed by atoms with Gasteiger partial charge in [-0.3, -0.25) is 9.35 Å². The maximum atomic E-state index is 13.1. The number of alkyl halides is 1. The molecular formula is C13H25FO5S. The summed E-state index contributed by atoms with van der Waals surface area (Å²) in [6, 6.07) is 0. The molecular weight excluding hydrogens is 287 g/mol. The highest BCUT2D eigenvalue weighted by molar-refractivity contribution is 7.86. The summed E-state index contributed by atoms with van der Waals surface area (Å²) in [5, 5.41) is 0. The monoisotopic (exact) mass is 312 g/mol. The Bertz CT molecular complexity index is 369. The summed E-state index contributed by atoms with van der Waals surface area (Å²) in [4.78, 5) is 11.4. The number of rotatable bonds is 11. The molecule has 0 rings (SSSR count). The second-order valence-corrected chi connectivity index (χ2v) is 6.41. The van der Waals surface area contributed by atoms with Crippen LogP contribution in [0.4, 0.5) is 4.39 Å². The molecule has 0 aromatic carbocycles. The summed E-state index contributed by atoms with van der Waals surface area (Å²) in [6.07, 6.45) is 5.93. The van der Waals surface area contributed by atoms with Gasteiger partial charge in [-0.2, -0.15) is 8.42 Å². The number of hydrogen-bond acceptors (Lipinski definition) is 4. The van der Waals surface area contributed by atoms with Crippen LogP contribution in [0.15, 0.2) is 0 Å². The van der Waals surface area contributed by atoms with Crippen LogP contribution in [0, 0.1) is 0 Å². The van der Waals surface area contributed by atoms with Gasteiger partial charge in [0.1, 0.15) is 6.10 Å². The van der Waals surface area contributed by atoms with E-state index in [9.17, 15) is 17.6 Å². The SMILES string of the molecule is CCCCCCCCCC(=O)OC(C)C(F)S(=O)(=O)O. The number of halogens is 1. The average Bonchev–Trinajstić information content (AvgIpc) is 2.35. The van der Waals surface area contributed by atoms with Crippen LogP contribution in [0.1, 0.15) is 65.2 Å². The number of unbranched alkanes of at least 4 members (excludes halogenated alkanes) is 6. The van der Waals surface area contributed by atoms with Crippen molar-refractivity contribution in [3.8, 4) is 0 Å². The molecule has 0 bridgehead atoms. The predicted octanol–water partition coefficient (Wildman–Crippen LogP) is 3.24. The molecule has 0 saturated heterocycles. The van der Waals surface area contributed by atoms with Crippen molar-refractivity contribution in [1.82, 2.24) is 0 Å². The second kappa shape index (κ2) is 10.1. The van der Waals surface area contributed by atoms with Crippen LogP contribution in [-0.2, 0) is 19.6 Å². The number of carbonyl (C=O) groups is 1. The first-order chi connectivity index (χ1) is 9.29. The maximum absolute atomic E-state index is 13.1. The van der Waals surface area contributed by atoms with E-state index < -0.39 is 27.7 Å². The molecule has 0 fully saturated rings. The molecule has 0 spiro atoms. The van der Waals surface area contributed by atoms with Crippen molar-refractivity contribution in [3.05, 3.63) is 0 Å². The number of hydrogen-bond donors (Lipinski definition) is 1. The van der Waals surface area contributed by atoms with Gasteiger partial charge in [0.15, 0.2) is 0 Å². The van der Waals surface area contributed by atoms with E-state index in [1.165, 1.54) is 19.3 Å². The summed E-state index contributed by atoms with van der Waals surface area (Å²) in [5.74, 6) is -0.641. The highest BCUT2D eigenvalue weighted by Gasteiger charge is 2.31. The van der Waals surface area contributed by atoms with Crippen LogP contribution in [0.3, 0.4) is 0 Å². The van der Waals surface area contributed by atoms with Gasteiger partial charge in [-0.25, -0.2) is 4.39 Å². The molecule has 7 heteroatoms. The van der Waals surface area contributed by atoms with Gasteiger partial charge in [-0.1, -0.05) is 45.4 Å². The van der Waals surface area contributed by atoms with Crippen molar-refractivity contribution in [2.45, 2.75) is 76.8 Å². The zero-order valence-corrected chi connectivity index (χ0v) is 13.0. The first-order valence-corrected chi connectivity index (χ1v) is 8.59. The number of carbonyl (C=O) groups excluding carboxylic acids is 1. The molecule has 5 nitrogen and oxygen atoms in total. The zero-order valence-electron chi connectivity index (χ0n) is 12.2. The Hall–Kier alpha value is -0.690. The van der Waals surface area contributed by atoms with Crippen LogP contribution < -0.4 is 0 Å². The summed E-state index contributed by atoms with van der Waals surface area (Å²) in [6.45, 7) is 3.24. The molecule has 1 N–H and O–H groups in total. The minimum Gasteiger partial charge on any atom is -0.458 e. The molecule has 20 heavy (non-hydrogen) atoms. The highest BCUT2D eigenvalue weighted by atomic mass is 32.2. The standard InChI is InChI=1S/C13H25FO5S/c1-3-4-5-6-7-8-9-10-12(15)19-11(2)13(14)20(16,17)18/h11,13H,3-10H2,1-2H3,(H,16,17,18). The van der Waals surface area contributed by atoms with Crippen molar-refractivity contribution in [2.24, 2.45) is 0 Å². The van der Waals surface area contributed by atoms with Gasteiger partial charge in [0, 0.05) is 6.42 Å². The molecule has 120 valence electrons. The van der Waals surface area contributed by atoms with Crippen LogP contribution in [0.2, 0.25) is 0 Å². The maximum Gasteiger partial charge on any atom is 0.306 e. The minimum absolute atomic E-state index is 0.135. The van der Waals surface area contributed by atoms with Gasteiger partial charge >= 0.3 is 16.1 Å². The fourth-order valence-corrected chi connectivity index (χ4v) is 2.33. The van der Waals surface area contributed by atoms with Crippen LogP contribution in [-0.4, -0.2) is 30.5 Å². The van der Waals surface area contributed by atoms with Crippen molar-refractivity contribution in [3.63, 3.8) is 0 Å². The fraction of sp³-hybridized carbons (Fsp3) is 0.923. The lowest BCUT2D eigenvalue weighted by Gasteiger charge is -2.15.